The molecule has 0 spiro atoms. The van der Waals surface area contributed by atoms with Gasteiger partial charge in [0, 0.05) is 31.4 Å². The van der Waals surface area contributed by atoms with Crippen molar-refractivity contribution < 1.29 is 5.11 Å². The summed E-state index contributed by atoms with van der Waals surface area (Å²) in [6.45, 7) is 5.25. The van der Waals surface area contributed by atoms with Crippen LogP contribution in [-0.4, -0.2) is 37.4 Å². The number of benzene rings is 1. The van der Waals surface area contributed by atoms with Crippen LogP contribution in [0.4, 0.5) is 5.69 Å². The van der Waals surface area contributed by atoms with E-state index in [0.717, 1.165) is 31.7 Å². The minimum Gasteiger partial charge on any atom is -0.396 e. The van der Waals surface area contributed by atoms with E-state index in [0.29, 0.717) is 17.5 Å². The molecule has 1 aromatic rings. The highest BCUT2D eigenvalue weighted by Gasteiger charge is 2.21. The number of hydrogen-bond acceptors (Lipinski definition) is 4. The van der Waals surface area contributed by atoms with Crippen molar-refractivity contribution in [2.24, 2.45) is 5.92 Å². The highest BCUT2D eigenvalue weighted by atomic mass is 16.3. The van der Waals surface area contributed by atoms with Gasteiger partial charge in [0.1, 0.15) is 0 Å². The predicted molar refractivity (Wildman–Crippen MR) is 76.0 cm³/mol. The first-order chi connectivity index (χ1) is 9.22. The molecule has 2 atom stereocenters. The Labute approximate surface area is 114 Å². The number of rotatable bonds is 3. The monoisotopic (exact) mass is 259 g/mol. The molecule has 4 heteroatoms. The molecule has 1 saturated heterocycles. The minimum absolute atomic E-state index is 0.206. The summed E-state index contributed by atoms with van der Waals surface area (Å²) in [6.07, 6.45) is 0.765. The van der Waals surface area contributed by atoms with Crippen molar-refractivity contribution in [1.82, 2.24) is 5.32 Å². The van der Waals surface area contributed by atoms with Crippen molar-refractivity contribution in [3.8, 4) is 6.07 Å². The molecular weight excluding hydrogens is 238 g/mol. The lowest BCUT2D eigenvalue weighted by atomic mass is 10.1. The SMILES string of the molecule is CC1CNC(CCO)CN(c2cccc(C#N)c2)C1. The largest absolute Gasteiger partial charge is 0.396 e. The Morgan fingerprint density at radius 3 is 3.05 bits per heavy atom. The van der Waals surface area contributed by atoms with Crippen LogP contribution in [0.15, 0.2) is 24.3 Å². The Hall–Kier alpha value is -1.57. The third kappa shape index (κ3) is 3.69. The van der Waals surface area contributed by atoms with E-state index in [-0.39, 0.29) is 6.61 Å². The highest BCUT2D eigenvalue weighted by molar-refractivity contribution is 5.51. The molecule has 2 unspecified atom stereocenters. The van der Waals surface area contributed by atoms with Crippen LogP contribution in [0.5, 0.6) is 0 Å². The molecule has 2 rings (SSSR count). The van der Waals surface area contributed by atoms with Crippen molar-refractivity contribution in [1.29, 1.82) is 5.26 Å². The summed E-state index contributed by atoms with van der Waals surface area (Å²) in [7, 11) is 0. The molecule has 2 N–H and O–H groups in total. The van der Waals surface area contributed by atoms with Crippen LogP contribution in [0.2, 0.25) is 0 Å². The van der Waals surface area contributed by atoms with E-state index in [1.165, 1.54) is 0 Å². The van der Waals surface area contributed by atoms with Crippen molar-refractivity contribution in [3.63, 3.8) is 0 Å². The van der Waals surface area contributed by atoms with Crippen molar-refractivity contribution in [2.45, 2.75) is 19.4 Å². The Morgan fingerprint density at radius 2 is 2.32 bits per heavy atom. The second-order valence-corrected chi connectivity index (χ2v) is 5.29. The van der Waals surface area contributed by atoms with E-state index in [4.69, 9.17) is 10.4 Å². The number of hydrogen-bond donors (Lipinski definition) is 2. The van der Waals surface area contributed by atoms with Gasteiger partial charge in [-0.3, -0.25) is 0 Å². The Bertz CT molecular complexity index is 455. The summed E-state index contributed by atoms with van der Waals surface area (Å²) in [4.78, 5) is 2.31. The van der Waals surface area contributed by atoms with Crippen LogP contribution in [-0.2, 0) is 0 Å². The zero-order chi connectivity index (χ0) is 13.7. The van der Waals surface area contributed by atoms with Crippen LogP contribution < -0.4 is 10.2 Å². The fourth-order valence-corrected chi connectivity index (χ4v) is 2.55. The third-order valence-corrected chi connectivity index (χ3v) is 3.55. The first kappa shape index (κ1) is 13.9. The molecule has 0 aliphatic carbocycles. The smallest absolute Gasteiger partial charge is 0.0992 e. The zero-order valence-electron chi connectivity index (χ0n) is 11.3. The first-order valence-electron chi connectivity index (χ1n) is 6.82. The molecule has 1 fully saturated rings. The van der Waals surface area contributed by atoms with E-state index in [1.807, 2.05) is 18.2 Å². The van der Waals surface area contributed by atoms with Gasteiger partial charge < -0.3 is 15.3 Å². The molecule has 0 bridgehead atoms. The molecule has 19 heavy (non-hydrogen) atoms. The van der Waals surface area contributed by atoms with E-state index in [9.17, 15) is 0 Å². The van der Waals surface area contributed by atoms with Gasteiger partial charge in [0.05, 0.1) is 11.6 Å². The average molecular weight is 259 g/mol. The average Bonchev–Trinajstić information content (AvgIpc) is 2.62. The van der Waals surface area contributed by atoms with Gasteiger partial charge in [0.15, 0.2) is 0 Å². The number of nitrogens with zero attached hydrogens (tertiary/aromatic N) is 2. The quantitative estimate of drug-likeness (QED) is 0.860. The maximum atomic E-state index is 9.11. The standard InChI is InChI=1S/C15H21N3O/c1-12-9-17-14(5-6-19)11-18(10-12)15-4-2-3-13(7-15)8-16/h2-4,7,12,14,17,19H,5-6,9-11H2,1H3. The number of aliphatic hydroxyl groups excluding tert-OH is 1. The van der Waals surface area contributed by atoms with Crippen molar-refractivity contribution >= 4 is 5.69 Å². The van der Waals surface area contributed by atoms with Crippen molar-refractivity contribution in [3.05, 3.63) is 29.8 Å². The van der Waals surface area contributed by atoms with Crippen LogP contribution in [0.1, 0.15) is 18.9 Å². The van der Waals surface area contributed by atoms with Crippen LogP contribution >= 0.6 is 0 Å². The van der Waals surface area contributed by atoms with Gasteiger partial charge in [0.25, 0.3) is 0 Å². The summed E-state index contributed by atoms with van der Waals surface area (Å²) in [6, 6.07) is 10.2. The molecule has 1 aromatic carbocycles. The van der Waals surface area contributed by atoms with Gasteiger partial charge in [-0.05, 0) is 37.1 Å². The normalized spacial score (nSPS) is 23.7. The topological polar surface area (TPSA) is 59.3 Å². The van der Waals surface area contributed by atoms with Gasteiger partial charge in [-0.25, -0.2) is 0 Å². The Morgan fingerprint density at radius 1 is 1.47 bits per heavy atom. The molecule has 1 heterocycles. The van der Waals surface area contributed by atoms with Crippen LogP contribution in [0, 0.1) is 17.2 Å². The maximum Gasteiger partial charge on any atom is 0.0992 e. The van der Waals surface area contributed by atoms with Crippen LogP contribution in [0.3, 0.4) is 0 Å². The predicted octanol–water partition coefficient (Wildman–Crippen LogP) is 1.35. The zero-order valence-corrected chi connectivity index (χ0v) is 11.3. The summed E-state index contributed by atoms with van der Waals surface area (Å²) in [5.74, 6) is 0.550. The second-order valence-electron chi connectivity index (χ2n) is 5.29. The number of nitrogens with one attached hydrogen (secondary N) is 1. The number of aliphatic hydroxyl groups is 1. The summed E-state index contributed by atoms with van der Waals surface area (Å²) in [5, 5.41) is 21.6. The van der Waals surface area contributed by atoms with Gasteiger partial charge in [-0.15, -0.1) is 0 Å². The third-order valence-electron chi connectivity index (χ3n) is 3.55. The fraction of sp³-hybridized carbons (Fsp3) is 0.533. The van der Waals surface area contributed by atoms with E-state index in [1.54, 1.807) is 0 Å². The van der Waals surface area contributed by atoms with E-state index < -0.39 is 0 Å². The number of nitriles is 1. The van der Waals surface area contributed by atoms with Crippen LogP contribution in [0.25, 0.3) is 0 Å². The first-order valence-corrected chi connectivity index (χ1v) is 6.82. The molecule has 1 aliphatic rings. The fourth-order valence-electron chi connectivity index (χ4n) is 2.55. The molecule has 102 valence electrons. The summed E-state index contributed by atoms with van der Waals surface area (Å²) < 4.78 is 0. The lowest BCUT2D eigenvalue weighted by Crippen LogP contribution is -2.38. The Balaban J connectivity index is 2.17. The van der Waals surface area contributed by atoms with Gasteiger partial charge in [0.2, 0.25) is 0 Å². The molecule has 0 aromatic heterocycles. The minimum atomic E-state index is 0.206. The second kappa shape index (κ2) is 6.55. The van der Waals surface area contributed by atoms with Gasteiger partial charge in [-0.1, -0.05) is 13.0 Å². The van der Waals surface area contributed by atoms with Gasteiger partial charge in [-0.2, -0.15) is 5.26 Å². The molecular formula is C15H21N3O. The summed E-state index contributed by atoms with van der Waals surface area (Å²) >= 11 is 0. The Kier molecular flexibility index (Phi) is 4.78. The lowest BCUT2D eigenvalue weighted by Gasteiger charge is -2.27. The maximum absolute atomic E-state index is 9.11. The highest BCUT2D eigenvalue weighted by Crippen LogP contribution is 2.20. The van der Waals surface area contributed by atoms with E-state index in [2.05, 4.69) is 29.3 Å². The number of anilines is 1. The molecule has 0 saturated carbocycles. The molecule has 0 amide bonds. The lowest BCUT2D eigenvalue weighted by molar-refractivity contribution is 0.266. The molecule has 0 radical (unpaired) electrons. The van der Waals surface area contributed by atoms with Crippen molar-refractivity contribution in [2.75, 3.05) is 31.1 Å². The van der Waals surface area contributed by atoms with Gasteiger partial charge >= 0.3 is 0 Å². The van der Waals surface area contributed by atoms with E-state index >= 15 is 0 Å². The molecule has 4 nitrogen and oxygen atoms in total. The molecule has 1 aliphatic heterocycles. The summed E-state index contributed by atoms with van der Waals surface area (Å²) in [5.41, 5.74) is 1.79.